The molecule has 1 aromatic rings. The molecule has 1 unspecified atom stereocenters. The van der Waals surface area contributed by atoms with Crippen LogP contribution in [0.25, 0.3) is 0 Å². The molecule has 0 bridgehead atoms. The first-order valence-corrected chi connectivity index (χ1v) is 7.24. The van der Waals surface area contributed by atoms with Gasteiger partial charge in [-0.05, 0) is 43.5 Å². The smallest absolute Gasteiger partial charge is 0.0506 e. The zero-order chi connectivity index (χ0) is 13.0. The minimum Gasteiger partial charge on any atom is -0.399 e. The molecule has 2 rings (SSSR count). The van der Waals surface area contributed by atoms with Gasteiger partial charge in [-0.15, -0.1) is 0 Å². The van der Waals surface area contributed by atoms with Crippen molar-refractivity contribution < 1.29 is 4.74 Å². The van der Waals surface area contributed by atoms with E-state index in [0.29, 0.717) is 5.92 Å². The van der Waals surface area contributed by atoms with Crippen molar-refractivity contribution in [3.05, 3.63) is 28.2 Å². The number of nitrogens with zero attached hydrogens (tertiary/aromatic N) is 1. The van der Waals surface area contributed by atoms with Gasteiger partial charge < -0.3 is 15.4 Å². The van der Waals surface area contributed by atoms with Crippen LogP contribution in [0.5, 0.6) is 0 Å². The molecule has 2 N–H and O–H groups in total. The summed E-state index contributed by atoms with van der Waals surface area (Å²) in [5, 5.41) is 0. The van der Waals surface area contributed by atoms with E-state index in [1.165, 1.54) is 18.4 Å². The molecular weight excluding hydrogens is 292 g/mol. The van der Waals surface area contributed by atoms with Gasteiger partial charge in [0.2, 0.25) is 0 Å². The average molecular weight is 313 g/mol. The van der Waals surface area contributed by atoms with Crippen molar-refractivity contribution in [2.45, 2.75) is 19.4 Å². The maximum absolute atomic E-state index is 5.75. The molecule has 100 valence electrons. The van der Waals surface area contributed by atoms with E-state index in [9.17, 15) is 0 Å². The van der Waals surface area contributed by atoms with E-state index in [-0.39, 0.29) is 0 Å². The molecule has 1 fully saturated rings. The predicted octanol–water partition coefficient (Wildman–Crippen LogP) is 2.89. The first-order valence-electron chi connectivity index (χ1n) is 6.45. The molecule has 4 heteroatoms. The molecular formula is C14H21BrN2O. The molecule has 0 radical (unpaired) electrons. The Kier molecular flexibility index (Phi) is 5.03. The summed E-state index contributed by atoms with van der Waals surface area (Å²) in [5.74, 6) is 0.677. The molecule has 0 aromatic heterocycles. The van der Waals surface area contributed by atoms with Gasteiger partial charge in [-0.2, -0.15) is 0 Å². The molecule has 1 aromatic carbocycles. The Morgan fingerprint density at radius 2 is 2.33 bits per heavy atom. The first-order chi connectivity index (χ1) is 8.65. The zero-order valence-corrected chi connectivity index (χ0v) is 12.4. The quantitative estimate of drug-likeness (QED) is 0.869. The summed E-state index contributed by atoms with van der Waals surface area (Å²) < 4.78 is 6.61. The number of hydrogen-bond acceptors (Lipinski definition) is 3. The maximum Gasteiger partial charge on any atom is 0.0506 e. The third kappa shape index (κ3) is 3.97. The van der Waals surface area contributed by atoms with Crippen LogP contribution >= 0.6 is 15.9 Å². The van der Waals surface area contributed by atoms with Gasteiger partial charge in [-0.1, -0.05) is 22.0 Å². The average Bonchev–Trinajstić information content (AvgIpc) is 2.34. The molecule has 0 spiro atoms. The van der Waals surface area contributed by atoms with Crippen LogP contribution in [-0.2, 0) is 11.3 Å². The standard InChI is InChI=1S/C14H21BrN2O/c1-17(8-11-3-2-6-18-10-11)9-12-4-5-13(16)7-14(12)15/h4-5,7,11H,2-3,6,8-10,16H2,1H3. The van der Waals surface area contributed by atoms with Gasteiger partial charge >= 0.3 is 0 Å². The van der Waals surface area contributed by atoms with Crippen LogP contribution in [0, 0.1) is 5.92 Å². The van der Waals surface area contributed by atoms with Crippen LogP contribution in [0.15, 0.2) is 22.7 Å². The highest BCUT2D eigenvalue weighted by molar-refractivity contribution is 9.10. The largest absolute Gasteiger partial charge is 0.399 e. The van der Waals surface area contributed by atoms with E-state index in [1.54, 1.807) is 0 Å². The lowest BCUT2D eigenvalue weighted by Gasteiger charge is -2.27. The molecule has 1 atom stereocenters. The fourth-order valence-corrected chi connectivity index (χ4v) is 2.96. The highest BCUT2D eigenvalue weighted by Gasteiger charge is 2.16. The molecule has 1 saturated heterocycles. The SMILES string of the molecule is CN(Cc1ccc(N)cc1Br)CC1CCCOC1. The van der Waals surface area contributed by atoms with Crippen LogP contribution in [-0.4, -0.2) is 31.7 Å². The second-order valence-corrected chi connectivity index (χ2v) is 5.99. The lowest BCUT2D eigenvalue weighted by molar-refractivity contribution is 0.0411. The van der Waals surface area contributed by atoms with E-state index in [1.807, 2.05) is 12.1 Å². The van der Waals surface area contributed by atoms with Gasteiger partial charge in [-0.25, -0.2) is 0 Å². The van der Waals surface area contributed by atoms with E-state index >= 15 is 0 Å². The fraction of sp³-hybridized carbons (Fsp3) is 0.571. The van der Waals surface area contributed by atoms with E-state index in [0.717, 1.165) is 36.5 Å². The monoisotopic (exact) mass is 312 g/mol. The number of ether oxygens (including phenoxy) is 1. The Hall–Kier alpha value is -0.580. The van der Waals surface area contributed by atoms with E-state index in [2.05, 4.69) is 33.9 Å². The second kappa shape index (κ2) is 6.55. The van der Waals surface area contributed by atoms with Crippen LogP contribution in [0.1, 0.15) is 18.4 Å². The van der Waals surface area contributed by atoms with Gasteiger partial charge in [0, 0.05) is 29.9 Å². The highest BCUT2D eigenvalue weighted by Crippen LogP contribution is 2.22. The molecule has 3 nitrogen and oxygen atoms in total. The minimum atomic E-state index is 0.677. The third-order valence-corrected chi connectivity index (χ3v) is 4.08. The lowest BCUT2D eigenvalue weighted by atomic mass is 10.0. The molecule has 1 aliphatic rings. The number of halogens is 1. The molecule has 1 aliphatic heterocycles. The number of nitrogens with two attached hydrogens (primary N) is 1. The van der Waals surface area contributed by atoms with Crippen LogP contribution in [0.4, 0.5) is 5.69 Å². The van der Waals surface area contributed by atoms with Crippen molar-refractivity contribution in [2.24, 2.45) is 5.92 Å². The molecule has 0 saturated carbocycles. The van der Waals surface area contributed by atoms with E-state index < -0.39 is 0 Å². The Labute approximate surface area is 117 Å². The Morgan fingerprint density at radius 1 is 1.50 bits per heavy atom. The number of anilines is 1. The summed E-state index contributed by atoms with van der Waals surface area (Å²) in [6, 6.07) is 6.01. The number of hydrogen-bond donors (Lipinski definition) is 1. The molecule has 18 heavy (non-hydrogen) atoms. The normalized spacial score (nSPS) is 20.3. The van der Waals surface area contributed by atoms with Gasteiger partial charge in [0.05, 0.1) is 6.61 Å². The molecule has 1 heterocycles. The summed E-state index contributed by atoms with van der Waals surface area (Å²) in [5.41, 5.74) is 7.83. The van der Waals surface area contributed by atoms with Crippen molar-refractivity contribution in [2.75, 3.05) is 32.5 Å². The summed E-state index contributed by atoms with van der Waals surface area (Å²) in [7, 11) is 2.16. The minimum absolute atomic E-state index is 0.677. The summed E-state index contributed by atoms with van der Waals surface area (Å²) in [6.07, 6.45) is 2.48. The number of nitrogen functional groups attached to an aromatic ring is 1. The lowest BCUT2D eigenvalue weighted by Crippen LogP contribution is -2.30. The van der Waals surface area contributed by atoms with Crippen molar-refractivity contribution in [3.8, 4) is 0 Å². The first kappa shape index (κ1) is 13.8. The summed E-state index contributed by atoms with van der Waals surface area (Å²) in [6.45, 7) is 3.88. The fourth-order valence-electron chi connectivity index (χ4n) is 2.44. The summed E-state index contributed by atoms with van der Waals surface area (Å²) >= 11 is 3.57. The topological polar surface area (TPSA) is 38.5 Å². The Morgan fingerprint density at radius 3 is 3.00 bits per heavy atom. The van der Waals surface area contributed by atoms with Crippen LogP contribution < -0.4 is 5.73 Å². The molecule has 0 aliphatic carbocycles. The van der Waals surface area contributed by atoms with Gasteiger partial charge in [0.1, 0.15) is 0 Å². The van der Waals surface area contributed by atoms with Crippen molar-refractivity contribution >= 4 is 21.6 Å². The predicted molar refractivity (Wildman–Crippen MR) is 78.4 cm³/mol. The number of benzene rings is 1. The molecule has 0 amide bonds. The maximum atomic E-state index is 5.75. The third-order valence-electron chi connectivity index (χ3n) is 3.34. The van der Waals surface area contributed by atoms with Crippen LogP contribution in [0.2, 0.25) is 0 Å². The van der Waals surface area contributed by atoms with E-state index in [4.69, 9.17) is 10.5 Å². The second-order valence-electron chi connectivity index (χ2n) is 5.13. The van der Waals surface area contributed by atoms with Crippen molar-refractivity contribution in [1.82, 2.24) is 4.90 Å². The van der Waals surface area contributed by atoms with Gasteiger partial charge in [0.25, 0.3) is 0 Å². The number of rotatable bonds is 4. The zero-order valence-electron chi connectivity index (χ0n) is 10.9. The summed E-state index contributed by atoms with van der Waals surface area (Å²) in [4.78, 5) is 2.36. The Balaban J connectivity index is 1.87. The van der Waals surface area contributed by atoms with Crippen molar-refractivity contribution in [3.63, 3.8) is 0 Å². The Bertz CT molecular complexity index is 391. The van der Waals surface area contributed by atoms with Crippen LogP contribution in [0.3, 0.4) is 0 Å². The van der Waals surface area contributed by atoms with Crippen molar-refractivity contribution in [1.29, 1.82) is 0 Å². The highest BCUT2D eigenvalue weighted by atomic mass is 79.9. The van der Waals surface area contributed by atoms with Gasteiger partial charge in [0.15, 0.2) is 0 Å². The van der Waals surface area contributed by atoms with Gasteiger partial charge in [-0.3, -0.25) is 0 Å².